The van der Waals surface area contributed by atoms with Crippen molar-refractivity contribution in [2.24, 2.45) is 0 Å². The highest BCUT2D eigenvalue weighted by Crippen LogP contribution is 2.58. The minimum atomic E-state index is -0.486. The highest BCUT2D eigenvalue weighted by Gasteiger charge is 2.47. The number of hydrogen-bond acceptors (Lipinski definition) is 3. The first-order valence-electron chi connectivity index (χ1n) is 19.4. The van der Waals surface area contributed by atoms with E-state index in [-0.39, 0.29) is 0 Å². The molecule has 266 valence electrons. The lowest BCUT2D eigenvalue weighted by Gasteiger charge is -2.33. The second-order valence-electron chi connectivity index (χ2n) is 14.8. The van der Waals surface area contributed by atoms with Crippen molar-refractivity contribution < 1.29 is 0 Å². The highest BCUT2D eigenvalue weighted by atomic mass is 15.0. The van der Waals surface area contributed by atoms with E-state index in [2.05, 4.69) is 183 Å². The molecular formula is C52H33N5. The molecule has 0 N–H and O–H groups in total. The summed E-state index contributed by atoms with van der Waals surface area (Å²) in [4.78, 5) is 14.3. The van der Waals surface area contributed by atoms with Crippen LogP contribution in [-0.2, 0) is 5.41 Å². The molecule has 5 aromatic heterocycles. The zero-order valence-electron chi connectivity index (χ0n) is 30.8. The molecule has 11 aromatic rings. The van der Waals surface area contributed by atoms with Crippen LogP contribution in [-0.4, -0.2) is 24.1 Å². The maximum absolute atomic E-state index is 4.99. The molecule has 0 aliphatic heterocycles. The summed E-state index contributed by atoms with van der Waals surface area (Å²) < 4.78 is 4.67. The Bertz CT molecular complexity index is 3230. The van der Waals surface area contributed by atoms with E-state index in [1.165, 1.54) is 38.9 Å². The largest absolute Gasteiger partial charge is 0.307 e. The summed E-state index contributed by atoms with van der Waals surface area (Å²) in [5.41, 5.74) is 18.7. The van der Waals surface area contributed by atoms with Gasteiger partial charge in [-0.1, -0.05) is 121 Å². The molecule has 6 aromatic carbocycles. The van der Waals surface area contributed by atoms with Gasteiger partial charge in [-0.15, -0.1) is 0 Å². The van der Waals surface area contributed by atoms with Crippen LogP contribution < -0.4 is 0 Å². The summed E-state index contributed by atoms with van der Waals surface area (Å²) in [5, 5.41) is 1.14. The molecule has 0 atom stereocenters. The summed E-state index contributed by atoms with van der Waals surface area (Å²) in [7, 11) is 0. The van der Waals surface area contributed by atoms with E-state index < -0.39 is 5.41 Å². The Hall–Kier alpha value is -7.63. The Morgan fingerprint density at radius 3 is 1.44 bits per heavy atom. The van der Waals surface area contributed by atoms with E-state index in [1.807, 2.05) is 36.8 Å². The van der Waals surface area contributed by atoms with Gasteiger partial charge in [0.1, 0.15) is 11.0 Å². The second-order valence-corrected chi connectivity index (χ2v) is 14.8. The lowest BCUT2D eigenvalue weighted by Crippen LogP contribution is -2.28. The molecule has 0 spiro atoms. The summed E-state index contributed by atoms with van der Waals surface area (Å²) in [5.74, 6) is 0. The number of benzene rings is 6. The predicted molar refractivity (Wildman–Crippen MR) is 231 cm³/mol. The number of fused-ring (bicyclic) bond motifs is 10. The molecule has 0 saturated heterocycles. The van der Waals surface area contributed by atoms with Crippen LogP contribution in [0.4, 0.5) is 0 Å². The molecular weight excluding hydrogens is 695 g/mol. The highest BCUT2D eigenvalue weighted by molar-refractivity contribution is 6.14. The van der Waals surface area contributed by atoms with Gasteiger partial charge in [-0.05, 0) is 99.6 Å². The van der Waals surface area contributed by atoms with E-state index in [4.69, 9.17) is 4.98 Å². The van der Waals surface area contributed by atoms with Crippen molar-refractivity contribution in [2.75, 3.05) is 0 Å². The Labute approximate surface area is 328 Å². The number of rotatable bonds is 5. The molecule has 5 nitrogen and oxygen atoms in total. The van der Waals surface area contributed by atoms with Crippen LogP contribution in [0.2, 0.25) is 0 Å². The Morgan fingerprint density at radius 1 is 0.368 bits per heavy atom. The van der Waals surface area contributed by atoms with Gasteiger partial charge in [0.05, 0.1) is 33.0 Å². The third kappa shape index (κ3) is 4.42. The van der Waals surface area contributed by atoms with E-state index >= 15 is 0 Å². The van der Waals surface area contributed by atoms with Gasteiger partial charge in [-0.3, -0.25) is 15.0 Å². The Kier molecular flexibility index (Phi) is 6.78. The van der Waals surface area contributed by atoms with Gasteiger partial charge in [-0.2, -0.15) is 0 Å². The van der Waals surface area contributed by atoms with Gasteiger partial charge >= 0.3 is 0 Å². The van der Waals surface area contributed by atoms with Crippen LogP contribution in [0, 0.1) is 0 Å². The van der Waals surface area contributed by atoms with E-state index in [9.17, 15) is 0 Å². The van der Waals surface area contributed by atoms with Gasteiger partial charge in [0.2, 0.25) is 0 Å². The lowest BCUT2D eigenvalue weighted by atomic mass is 9.67. The zero-order chi connectivity index (χ0) is 37.5. The van der Waals surface area contributed by atoms with Crippen molar-refractivity contribution in [3.05, 3.63) is 223 Å². The van der Waals surface area contributed by atoms with Gasteiger partial charge in [-0.25, -0.2) is 0 Å². The first kappa shape index (κ1) is 31.7. The molecule has 0 bridgehead atoms. The third-order valence-corrected chi connectivity index (χ3v) is 12.0. The summed E-state index contributed by atoms with van der Waals surface area (Å²) >= 11 is 0. The molecule has 0 saturated carbocycles. The fraction of sp³-hybridized carbons (Fsp3) is 0.0192. The molecule has 0 amide bonds. The van der Waals surface area contributed by atoms with Crippen LogP contribution in [0.25, 0.3) is 77.6 Å². The predicted octanol–water partition coefficient (Wildman–Crippen LogP) is 12.1. The SMILES string of the molecule is c1ccc(C2(c3ccccc3)c3ccccc3-c3c2ccc2c4ncccc4n(-c4ccc(-c5ccc(-n6c7cccnc7c7ncccc76)cc5)cc4)c32)cc1. The monoisotopic (exact) mass is 727 g/mol. The normalized spacial score (nSPS) is 13.1. The first-order chi connectivity index (χ1) is 28.3. The van der Waals surface area contributed by atoms with Crippen molar-refractivity contribution in [3.63, 3.8) is 0 Å². The quantitative estimate of drug-likeness (QED) is 0.177. The van der Waals surface area contributed by atoms with E-state index in [1.54, 1.807) is 0 Å². The maximum Gasteiger partial charge on any atom is 0.115 e. The van der Waals surface area contributed by atoms with Crippen molar-refractivity contribution >= 4 is 44.0 Å². The molecule has 0 unspecified atom stereocenters. The minimum Gasteiger partial charge on any atom is -0.307 e. The minimum absolute atomic E-state index is 0.486. The molecule has 5 heteroatoms. The van der Waals surface area contributed by atoms with Crippen molar-refractivity contribution in [2.45, 2.75) is 5.41 Å². The van der Waals surface area contributed by atoms with Crippen LogP contribution in [0.15, 0.2) is 201 Å². The molecule has 0 fully saturated rings. The Balaban J connectivity index is 1.03. The number of aromatic nitrogens is 5. The molecule has 57 heavy (non-hydrogen) atoms. The molecule has 1 aliphatic carbocycles. The number of pyridine rings is 3. The second kappa shape index (κ2) is 12.2. The molecule has 1 aliphatic rings. The Morgan fingerprint density at radius 2 is 0.860 bits per heavy atom. The smallest absolute Gasteiger partial charge is 0.115 e. The first-order valence-corrected chi connectivity index (χ1v) is 19.4. The van der Waals surface area contributed by atoms with E-state index in [0.29, 0.717) is 0 Å². The number of hydrogen-bond donors (Lipinski definition) is 0. The van der Waals surface area contributed by atoms with Crippen LogP contribution >= 0.6 is 0 Å². The number of nitrogens with zero attached hydrogens (tertiary/aromatic N) is 5. The lowest BCUT2D eigenvalue weighted by molar-refractivity contribution is 0.769. The third-order valence-electron chi connectivity index (χ3n) is 12.0. The summed E-state index contributed by atoms with van der Waals surface area (Å²) in [6.07, 6.45) is 5.57. The van der Waals surface area contributed by atoms with Crippen molar-refractivity contribution in [1.29, 1.82) is 0 Å². The fourth-order valence-corrected chi connectivity index (χ4v) is 9.64. The fourth-order valence-electron chi connectivity index (χ4n) is 9.64. The average Bonchev–Trinajstić information content (AvgIpc) is 3.92. The molecule has 12 rings (SSSR count). The maximum atomic E-state index is 4.99. The average molecular weight is 728 g/mol. The van der Waals surface area contributed by atoms with Crippen LogP contribution in [0.5, 0.6) is 0 Å². The van der Waals surface area contributed by atoms with Crippen LogP contribution in [0.1, 0.15) is 22.3 Å². The van der Waals surface area contributed by atoms with Crippen molar-refractivity contribution in [1.82, 2.24) is 24.1 Å². The standard InChI is InChI=1S/C52H33N5/c1-3-12-36(13-4-1)52(37-14-5-2-6-15-37)42-17-8-7-16-40(42)47-43(52)30-29-41-48-44(18-9-31-53-48)57(51(41)47)39-27-23-35(24-28-39)34-21-25-38(26-22-34)56-45-19-10-32-54-49(45)50-46(56)20-11-33-55-50/h1-33H. The van der Waals surface area contributed by atoms with Crippen LogP contribution in [0.3, 0.4) is 0 Å². The topological polar surface area (TPSA) is 48.5 Å². The van der Waals surface area contributed by atoms with Gasteiger partial charge < -0.3 is 9.13 Å². The van der Waals surface area contributed by atoms with Gasteiger partial charge in [0.15, 0.2) is 0 Å². The van der Waals surface area contributed by atoms with Gasteiger partial charge in [0.25, 0.3) is 0 Å². The van der Waals surface area contributed by atoms with Gasteiger partial charge in [0, 0.05) is 40.9 Å². The molecule has 5 heterocycles. The van der Waals surface area contributed by atoms with Crippen molar-refractivity contribution in [3.8, 4) is 33.6 Å². The summed E-state index contributed by atoms with van der Waals surface area (Å²) in [6, 6.07) is 65.8. The zero-order valence-corrected chi connectivity index (χ0v) is 30.8. The van der Waals surface area contributed by atoms with E-state index in [0.717, 1.165) is 61.0 Å². The molecule has 0 radical (unpaired) electrons. The summed E-state index contributed by atoms with van der Waals surface area (Å²) in [6.45, 7) is 0.